The first-order chi connectivity index (χ1) is 6.83. The summed E-state index contributed by atoms with van der Waals surface area (Å²) in [6.45, 7) is 0.389. The summed E-state index contributed by atoms with van der Waals surface area (Å²) in [5, 5.41) is 0. The second-order valence-electron chi connectivity index (χ2n) is 2.58. The summed E-state index contributed by atoms with van der Waals surface area (Å²) in [5.41, 5.74) is 9.77. The number of nitrogens with two attached hydrogens (primary N) is 1. The molecule has 2 aromatic rings. The second-order valence-corrected chi connectivity index (χ2v) is 2.58. The van der Waals surface area contributed by atoms with E-state index in [9.17, 15) is 0 Å². The normalized spacial score (nSPS) is 9.93. The highest BCUT2D eigenvalue weighted by Crippen LogP contribution is 2.12. The molecule has 0 saturated carbocycles. The van der Waals surface area contributed by atoms with Gasteiger partial charge in [0.2, 0.25) is 0 Å². The van der Waals surface area contributed by atoms with Gasteiger partial charge >= 0.3 is 0 Å². The average Bonchev–Trinajstić information content (AvgIpc) is 2.59. The van der Waals surface area contributed by atoms with Crippen LogP contribution in [-0.4, -0.2) is 26.2 Å². The van der Waals surface area contributed by atoms with Gasteiger partial charge in [-0.1, -0.05) is 5.92 Å². The molecule has 0 aliphatic heterocycles. The molecule has 2 heterocycles. The maximum Gasteiger partial charge on any atom is 0.185 e. The number of nitrogens with one attached hydrogen (secondary N) is 1. The molecule has 0 amide bonds. The molecular weight excluding hydrogens is 180 g/mol. The summed E-state index contributed by atoms with van der Waals surface area (Å²) in [4.78, 5) is 11.9. The quantitative estimate of drug-likeness (QED) is 0.626. The fraction of sp³-hybridized carbons (Fsp3) is 0.125. The van der Waals surface area contributed by atoms with Gasteiger partial charge in [0.05, 0.1) is 6.54 Å². The number of anilines is 1. The molecule has 6 nitrogen and oxygen atoms in total. The topological polar surface area (TPSA) is 81.7 Å². The second kappa shape index (κ2) is 3.22. The minimum absolute atomic E-state index is 0.372. The number of fused-ring (bicyclic) bond motifs is 1. The monoisotopic (exact) mass is 188 g/mol. The van der Waals surface area contributed by atoms with E-state index in [4.69, 9.17) is 12.2 Å². The lowest BCUT2D eigenvalue weighted by atomic mass is 10.5. The standard InChI is InChI=1S/C8H8N6/c1-2-3-13-14-5-12-8-6(14)7(9)10-4-11-8/h1,4-5,13H,3H2,(H2,9,10,11). The number of rotatable bonds is 2. The van der Waals surface area contributed by atoms with Crippen LogP contribution in [0.25, 0.3) is 11.2 Å². The minimum atomic E-state index is 0.372. The maximum absolute atomic E-state index is 5.67. The fourth-order valence-electron chi connectivity index (χ4n) is 1.13. The van der Waals surface area contributed by atoms with Crippen LogP contribution in [0, 0.1) is 12.3 Å². The molecule has 0 fully saturated rings. The van der Waals surface area contributed by atoms with Crippen molar-refractivity contribution in [3.8, 4) is 12.3 Å². The molecule has 0 unspecified atom stereocenters. The van der Waals surface area contributed by atoms with Gasteiger partial charge in [0.25, 0.3) is 0 Å². The van der Waals surface area contributed by atoms with Crippen LogP contribution in [0.1, 0.15) is 0 Å². The number of aromatic nitrogens is 4. The Morgan fingerprint density at radius 3 is 3.14 bits per heavy atom. The average molecular weight is 188 g/mol. The number of nitrogen functional groups attached to an aromatic ring is 1. The number of hydrogen-bond donors (Lipinski definition) is 2. The van der Waals surface area contributed by atoms with E-state index < -0.39 is 0 Å². The van der Waals surface area contributed by atoms with Gasteiger partial charge in [-0.05, 0) is 0 Å². The van der Waals surface area contributed by atoms with E-state index in [-0.39, 0.29) is 0 Å². The lowest BCUT2D eigenvalue weighted by Crippen LogP contribution is -2.14. The number of nitrogens with zero attached hydrogens (tertiary/aromatic N) is 4. The highest BCUT2D eigenvalue weighted by molar-refractivity contribution is 5.81. The fourth-order valence-corrected chi connectivity index (χ4v) is 1.13. The Labute approximate surface area is 80.1 Å². The zero-order valence-corrected chi connectivity index (χ0v) is 7.31. The number of hydrogen-bond acceptors (Lipinski definition) is 5. The smallest absolute Gasteiger partial charge is 0.185 e. The summed E-state index contributed by atoms with van der Waals surface area (Å²) >= 11 is 0. The SMILES string of the molecule is C#CCNn1cnc2ncnc(N)c21. The van der Waals surface area contributed by atoms with Crippen molar-refractivity contribution in [2.24, 2.45) is 0 Å². The molecule has 0 radical (unpaired) electrons. The van der Waals surface area contributed by atoms with Gasteiger partial charge in [0.1, 0.15) is 12.7 Å². The summed E-state index contributed by atoms with van der Waals surface area (Å²) in [6.07, 6.45) is 8.05. The zero-order valence-electron chi connectivity index (χ0n) is 7.31. The van der Waals surface area contributed by atoms with Gasteiger partial charge in [-0.2, -0.15) is 0 Å². The Morgan fingerprint density at radius 1 is 1.50 bits per heavy atom. The number of imidazole rings is 1. The molecule has 0 saturated heterocycles. The lowest BCUT2D eigenvalue weighted by Gasteiger charge is -2.04. The molecule has 70 valence electrons. The van der Waals surface area contributed by atoms with Crippen molar-refractivity contribution in [2.45, 2.75) is 0 Å². The molecule has 3 N–H and O–H groups in total. The lowest BCUT2D eigenvalue weighted by molar-refractivity contribution is 0.923. The Balaban J connectivity index is 2.51. The molecular formula is C8H8N6. The van der Waals surface area contributed by atoms with Crippen molar-refractivity contribution in [3.63, 3.8) is 0 Å². The van der Waals surface area contributed by atoms with Gasteiger partial charge < -0.3 is 11.2 Å². The van der Waals surface area contributed by atoms with Gasteiger partial charge in [0.15, 0.2) is 17.0 Å². The Bertz CT molecular complexity index is 494. The highest BCUT2D eigenvalue weighted by Gasteiger charge is 2.06. The van der Waals surface area contributed by atoms with Crippen LogP contribution in [0.3, 0.4) is 0 Å². The molecule has 6 heteroatoms. The van der Waals surface area contributed by atoms with Gasteiger partial charge in [-0.3, -0.25) is 0 Å². The third kappa shape index (κ3) is 1.21. The van der Waals surface area contributed by atoms with E-state index >= 15 is 0 Å². The van der Waals surface area contributed by atoms with E-state index in [1.807, 2.05) is 0 Å². The van der Waals surface area contributed by atoms with Gasteiger partial charge in [-0.15, -0.1) is 6.42 Å². The van der Waals surface area contributed by atoms with Crippen LogP contribution in [0.5, 0.6) is 0 Å². The van der Waals surface area contributed by atoms with Gasteiger partial charge in [0, 0.05) is 0 Å². The first-order valence-corrected chi connectivity index (χ1v) is 3.94. The maximum atomic E-state index is 5.67. The zero-order chi connectivity index (χ0) is 9.97. The van der Waals surface area contributed by atoms with Crippen molar-refractivity contribution in [1.29, 1.82) is 0 Å². The van der Waals surface area contributed by atoms with Crippen LogP contribution < -0.4 is 11.2 Å². The van der Waals surface area contributed by atoms with Gasteiger partial charge in [-0.25, -0.2) is 19.6 Å². The molecule has 2 aromatic heterocycles. The predicted molar refractivity (Wildman–Crippen MR) is 52.8 cm³/mol. The van der Waals surface area contributed by atoms with E-state index in [1.54, 1.807) is 11.0 Å². The molecule has 0 aliphatic rings. The van der Waals surface area contributed by atoms with Crippen LogP contribution in [-0.2, 0) is 0 Å². The Kier molecular flexibility index (Phi) is 1.91. The summed E-state index contributed by atoms with van der Waals surface area (Å²) in [5.74, 6) is 2.82. The summed E-state index contributed by atoms with van der Waals surface area (Å²) in [6, 6.07) is 0. The van der Waals surface area contributed by atoms with Crippen LogP contribution in [0.15, 0.2) is 12.7 Å². The molecule has 0 spiro atoms. The molecule has 14 heavy (non-hydrogen) atoms. The Hall–Kier alpha value is -2.29. The van der Waals surface area contributed by atoms with E-state index in [0.29, 0.717) is 23.5 Å². The van der Waals surface area contributed by atoms with Crippen LogP contribution in [0.4, 0.5) is 5.82 Å². The molecule has 2 rings (SSSR count). The Morgan fingerprint density at radius 2 is 2.36 bits per heavy atom. The predicted octanol–water partition coefficient (Wildman–Crippen LogP) is -0.415. The number of terminal acetylenes is 1. The molecule has 0 aliphatic carbocycles. The summed E-state index contributed by atoms with van der Waals surface area (Å²) < 4.78 is 1.62. The van der Waals surface area contributed by atoms with Crippen LogP contribution in [0.2, 0.25) is 0 Å². The van der Waals surface area contributed by atoms with E-state index in [1.165, 1.54) is 6.33 Å². The molecule has 0 bridgehead atoms. The first-order valence-electron chi connectivity index (χ1n) is 3.94. The first kappa shape index (κ1) is 8.31. The molecule has 0 aromatic carbocycles. The third-order valence-corrected chi connectivity index (χ3v) is 1.72. The van der Waals surface area contributed by atoms with Crippen molar-refractivity contribution in [3.05, 3.63) is 12.7 Å². The summed E-state index contributed by atoms with van der Waals surface area (Å²) in [7, 11) is 0. The van der Waals surface area contributed by atoms with Crippen LogP contribution >= 0.6 is 0 Å². The van der Waals surface area contributed by atoms with E-state index in [2.05, 4.69) is 26.3 Å². The van der Waals surface area contributed by atoms with E-state index in [0.717, 1.165) is 0 Å². The van der Waals surface area contributed by atoms with Crippen molar-refractivity contribution >= 4 is 17.0 Å². The van der Waals surface area contributed by atoms with Crippen molar-refractivity contribution in [2.75, 3.05) is 17.7 Å². The van der Waals surface area contributed by atoms with Crippen molar-refractivity contribution in [1.82, 2.24) is 19.6 Å². The largest absolute Gasteiger partial charge is 0.382 e. The van der Waals surface area contributed by atoms with Crippen molar-refractivity contribution < 1.29 is 0 Å². The molecule has 0 atom stereocenters. The minimum Gasteiger partial charge on any atom is -0.382 e. The highest BCUT2D eigenvalue weighted by atomic mass is 15.4. The third-order valence-electron chi connectivity index (χ3n) is 1.72.